The molecule has 0 spiro atoms. The van der Waals surface area contributed by atoms with Crippen LogP contribution in [0.25, 0.3) is 16.6 Å². The number of benzene rings is 3. The summed E-state index contributed by atoms with van der Waals surface area (Å²) in [5, 5.41) is 4.00. The summed E-state index contributed by atoms with van der Waals surface area (Å²) in [4.78, 5) is 30.7. The zero-order valence-electron chi connectivity index (χ0n) is 17.7. The van der Waals surface area contributed by atoms with Gasteiger partial charge >= 0.3 is 0 Å². The van der Waals surface area contributed by atoms with Gasteiger partial charge in [0.15, 0.2) is 5.16 Å². The Labute approximate surface area is 185 Å². The third kappa shape index (κ3) is 4.39. The molecule has 31 heavy (non-hydrogen) atoms. The van der Waals surface area contributed by atoms with Crippen LogP contribution in [-0.2, 0) is 4.79 Å². The molecule has 0 aliphatic carbocycles. The quantitative estimate of drug-likeness (QED) is 0.356. The third-order valence-electron chi connectivity index (χ3n) is 5.09. The maximum Gasteiger partial charge on any atom is 0.266 e. The Balaban J connectivity index is 1.68. The van der Waals surface area contributed by atoms with Crippen molar-refractivity contribution in [2.24, 2.45) is 0 Å². The number of nitrogens with one attached hydrogen (secondary N) is 1. The van der Waals surface area contributed by atoms with Crippen molar-refractivity contribution in [2.45, 2.75) is 25.9 Å². The molecular formula is C25H23N3O2S. The highest BCUT2D eigenvalue weighted by atomic mass is 32.2. The van der Waals surface area contributed by atoms with Crippen molar-refractivity contribution in [2.75, 3.05) is 11.1 Å². The lowest BCUT2D eigenvalue weighted by Crippen LogP contribution is -2.23. The molecule has 1 aromatic heterocycles. The molecule has 156 valence electrons. The molecule has 0 fully saturated rings. The fraction of sp³-hybridized carbons (Fsp3) is 0.160. The Hall–Kier alpha value is -3.38. The number of carbonyl (C=O) groups is 1. The summed E-state index contributed by atoms with van der Waals surface area (Å²) in [6.45, 7) is 5.94. The summed E-state index contributed by atoms with van der Waals surface area (Å²) in [5.74, 6) is -0.0000405. The fourth-order valence-corrected chi connectivity index (χ4v) is 4.31. The second-order valence-electron chi connectivity index (χ2n) is 7.49. The first-order valence-corrected chi connectivity index (χ1v) is 11.0. The van der Waals surface area contributed by atoms with E-state index in [1.165, 1.54) is 11.8 Å². The molecule has 0 radical (unpaired) electrons. The fourth-order valence-electron chi connectivity index (χ4n) is 3.51. The molecule has 0 atom stereocenters. The SMILES string of the molecule is Cc1ccc(NC(=O)CSc2nc3ccccc3c(=O)n2-c2ccccc2C)c(C)c1. The van der Waals surface area contributed by atoms with Crippen LogP contribution < -0.4 is 10.9 Å². The maximum atomic E-state index is 13.3. The number of hydrogen-bond donors (Lipinski definition) is 1. The normalized spacial score (nSPS) is 10.9. The largest absolute Gasteiger partial charge is 0.325 e. The van der Waals surface area contributed by atoms with E-state index in [2.05, 4.69) is 5.32 Å². The zero-order valence-corrected chi connectivity index (χ0v) is 18.5. The predicted octanol–water partition coefficient (Wildman–Crippen LogP) is 5.04. The van der Waals surface area contributed by atoms with Gasteiger partial charge in [0.05, 0.1) is 22.3 Å². The van der Waals surface area contributed by atoms with Gasteiger partial charge in [-0.15, -0.1) is 0 Å². The van der Waals surface area contributed by atoms with Crippen molar-refractivity contribution < 1.29 is 4.79 Å². The van der Waals surface area contributed by atoms with Gasteiger partial charge in [0.2, 0.25) is 5.91 Å². The van der Waals surface area contributed by atoms with E-state index in [4.69, 9.17) is 4.98 Å². The van der Waals surface area contributed by atoms with Crippen molar-refractivity contribution in [1.82, 2.24) is 9.55 Å². The number of nitrogens with zero attached hydrogens (tertiary/aromatic N) is 2. The Bertz CT molecular complexity index is 1340. The number of rotatable bonds is 5. The van der Waals surface area contributed by atoms with Gasteiger partial charge in [-0.05, 0) is 56.2 Å². The molecule has 1 heterocycles. The molecule has 0 saturated carbocycles. The number of thioether (sulfide) groups is 1. The van der Waals surface area contributed by atoms with Crippen molar-refractivity contribution >= 4 is 34.3 Å². The van der Waals surface area contributed by atoms with E-state index in [-0.39, 0.29) is 17.2 Å². The summed E-state index contributed by atoms with van der Waals surface area (Å²) in [7, 11) is 0. The average molecular weight is 430 g/mol. The molecule has 0 bridgehead atoms. The topological polar surface area (TPSA) is 64.0 Å². The molecule has 4 aromatic rings. The highest BCUT2D eigenvalue weighted by Crippen LogP contribution is 2.24. The molecular weight excluding hydrogens is 406 g/mol. The second kappa shape index (κ2) is 8.78. The van der Waals surface area contributed by atoms with Crippen LogP contribution in [0.1, 0.15) is 16.7 Å². The molecule has 0 aliphatic heterocycles. The predicted molar refractivity (Wildman–Crippen MR) is 127 cm³/mol. The second-order valence-corrected chi connectivity index (χ2v) is 8.44. The van der Waals surface area contributed by atoms with Gasteiger partial charge in [0.25, 0.3) is 5.56 Å². The maximum absolute atomic E-state index is 13.3. The summed E-state index contributed by atoms with van der Waals surface area (Å²) in [6, 6.07) is 20.9. The molecule has 0 saturated heterocycles. The van der Waals surface area contributed by atoms with Crippen LogP contribution >= 0.6 is 11.8 Å². The lowest BCUT2D eigenvalue weighted by molar-refractivity contribution is -0.113. The van der Waals surface area contributed by atoms with Crippen LogP contribution in [0.4, 0.5) is 5.69 Å². The van der Waals surface area contributed by atoms with E-state index in [1.54, 1.807) is 10.6 Å². The summed E-state index contributed by atoms with van der Waals surface area (Å²) < 4.78 is 1.60. The Morgan fingerprint density at radius 1 is 0.968 bits per heavy atom. The summed E-state index contributed by atoms with van der Waals surface area (Å²) >= 11 is 1.26. The third-order valence-corrected chi connectivity index (χ3v) is 6.03. The highest BCUT2D eigenvalue weighted by Gasteiger charge is 2.16. The number of fused-ring (bicyclic) bond motifs is 1. The van der Waals surface area contributed by atoms with Gasteiger partial charge in [0, 0.05) is 5.69 Å². The smallest absolute Gasteiger partial charge is 0.266 e. The Kier molecular flexibility index (Phi) is 5.91. The Morgan fingerprint density at radius 2 is 1.71 bits per heavy atom. The van der Waals surface area contributed by atoms with Crippen molar-refractivity contribution in [3.63, 3.8) is 0 Å². The first-order chi connectivity index (χ1) is 14.9. The number of aromatic nitrogens is 2. The van der Waals surface area contributed by atoms with Crippen molar-refractivity contribution in [3.05, 3.63) is 93.8 Å². The van der Waals surface area contributed by atoms with E-state index in [1.807, 2.05) is 81.4 Å². The van der Waals surface area contributed by atoms with Gasteiger partial charge in [-0.3, -0.25) is 14.2 Å². The van der Waals surface area contributed by atoms with E-state index >= 15 is 0 Å². The van der Waals surface area contributed by atoms with E-state index < -0.39 is 0 Å². The average Bonchev–Trinajstić information content (AvgIpc) is 2.75. The number of anilines is 1. The minimum atomic E-state index is -0.143. The Morgan fingerprint density at radius 3 is 2.48 bits per heavy atom. The van der Waals surface area contributed by atoms with Crippen LogP contribution in [0.3, 0.4) is 0 Å². The van der Waals surface area contributed by atoms with E-state index in [0.29, 0.717) is 16.1 Å². The van der Waals surface area contributed by atoms with Gasteiger partial charge in [0.1, 0.15) is 0 Å². The minimum absolute atomic E-state index is 0.141. The molecule has 0 unspecified atom stereocenters. The van der Waals surface area contributed by atoms with Crippen LogP contribution in [-0.4, -0.2) is 21.2 Å². The molecule has 1 N–H and O–H groups in total. The standard InChI is InChI=1S/C25H23N3O2S/c1-16-12-13-20(18(3)14-16)26-23(29)15-31-25-27-21-10-6-5-9-19(21)24(30)28(25)22-11-7-4-8-17(22)2/h4-14H,15H2,1-3H3,(H,26,29). The monoisotopic (exact) mass is 429 g/mol. The van der Waals surface area contributed by atoms with Gasteiger partial charge in [-0.25, -0.2) is 4.98 Å². The molecule has 6 heteroatoms. The van der Waals surface area contributed by atoms with Crippen LogP contribution in [0.5, 0.6) is 0 Å². The zero-order chi connectivity index (χ0) is 22.0. The number of carbonyl (C=O) groups excluding carboxylic acids is 1. The van der Waals surface area contributed by atoms with E-state index in [0.717, 1.165) is 28.1 Å². The van der Waals surface area contributed by atoms with Crippen LogP contribution in [0.2, 0.25) is 0 Å². The van der Waals surface area contributed by atoms with Crippen LogP contribution in [0, 0.1) is 20.8 Å². The molecule has 1 amide bonds. The lowest BCUT2D eigenvalue weighted by atomic mass is 10.1. The number of amides is 1. The van der Waals surface area contributed by atoms with Crippen molar-refractivity contribution in [1.29, 1.82) is 0 Å². The first kappa shape index (κ1) is 20.9. The summed E-state index contributed by atoms with van der Waals surface area (Å²) in [5.41, 5.74) is 5.16. The highest BCUT2D eigenvalue weighted by molar-refractivity contribution is 7.99. The lowest BCUT2D eigenvalue weighted by Gasteiger charge is -2.15. The van der Waals surface area contributed by atoms with Gasteiger partial charge in [-0.1, -0.05) is 59.8 Å². The number of para-hydroxylation sites is 2. The first-order valence-electron chi connectivity index (χ1n) is 10.0. The number of aryl methyl sites for hydroxylation is 3. The molecule has 4 rings (SSSR count). The van der Waals surface area contributed by atoms with Gasteiger partial charge < -0.3 is 5.32 Å². The van der Waals surface area contributed by atoms with E-state index in [9.17, 15) is 9.59 Å². The number of hydrogen-bond acceptors (Lipinski definition) is 4. The van der Waals surface area contributed by atoms with Crippen molar-refractivity contribution in [3.8, 4) is 5.69 Å². The molecule has 5 nitrogen and oxygen atoms in total. The van der Waals surface area contributed by atoms with Crippen LogP contribution in [0.15, 0.2) is 76.7 Å². The molecule has 0 aliphatic rings. The molecule has 3 aromatic carbocycles. The van der Waals surface area contributed by atoms with Gasteiger partial charge in [-0.2, -0.15) is 0 Å². The minimum Gasteiger partial charge on any atom is -0.325 e. The summed E-state index contributed by atoms with van der Waals surface area (Å²) in [6.07, 6.45) is 0.